The van der Waals surface area contributed by atoms with Gasteiger partial charge in [-0.3, -0.25) is 0 Å². The highest BCUT2D eigenvalue weighted by atomic mass is 35.5. The van der Waals surface area contributed by atoms with E-state index in [1.807, 2.05) is 36.4 Å². The Hall–Kier alpha value is -1.91. The Morgan fingerprint density at radius 2 is 1.82 bits per heavy atom. The van der Waals surface area contributed by atoms with E-state index in [2.05, 4.69) is 17.9 Å². The highest BCUT2D eigenvalue weighted by molar-refractivity contribution is 6.19. The average molecular weight is 241 g/mol. The van der Waals surface area contributed by atoms with Gasteiger partial charge in [0.25, 0.3) is 0 Å². The Morgan fingerprint density at radius 1 is 1.00 bits per heavy atom. The molecule has 0 saturated heterocycles. The summed E-state index contributed by atoms with van der Waals surface area (Å²) < 4.78 is 5.84. The number of fused-ring (bicyclic) bond motifs is 3. The van der Waals surface area contributed by atoms with Crippen LogP contribution in [0.25, 0.3) is 21.9 Å². The lowest BCUT2D eigenvalue weighted by atomic mass is 10.1. The van der Waals surface area contributed by atoms with Gasteiger partial charge >= 0.3 is 0 Å². The molecule has 3 aromatic rings. The van der Waals surface area contributed by atoms with Crippen molar-refractivity contribution in [2.24, 2.45) is 0 Å². The topological polar surface area (TPSA) is 13.1 Å². The second-order valence-electron chi connectivity index (χ2n) is 3.72. The standard InChI is InChI=1S/C15H9ClO/c16-10-4-6-11-5-3-8-13-12-7-1-2-9-14(12)17-15(11)13/h1-3,5,7-9H,10H2. The summed E-state index contributed by atoms with van der Waals surface area (Å²) >= 11 is 5.58. The lowest BCUT2D eigenvalue weighted by Gasteiger charge is -1.91. The van der Waals surface area contributed by atoms with Gasteiger partial charge in [-0.25, -0.2) is 0 Å². The van der Waals surface area contributed by atoms with Crippen molar-refractivity contribution in [2.45, 2.75) is 0 Å². The van der Waals surface area contributed by atoms with E-state index in [9.17, 15) is 0 Å². The maximum absolute atomic E-state index is 5.84. The Morgan fingerprint density at radius 3 is 2.71 bits per heavy atom. The second-order valence-corrected chi connectivity index (χ2v) is 3.98. The van der Waals surface area contributed by atoms with E-state index < -0.39 is 0 Å². The Balaban J connectivity index is 2.39. The summed E-state index contributed by atoms with van der Waals surface area (Å²) in [4.78, 5) is 0. The van der Waals surface area contributed by atoms with Crippen molar-refractivity contribution >= 4 is 33.5 Å². The summed E-state index contributed by atoms with van der Waals surface area (Å²) in [6.45, 7) is 0. The zero-order valence-corrected chi connectivity index (χ0v) is 9.79. The molecule has 17 heavy (non-hydrogen) atoms. The number of halogens is 1. The van der Waals surface area contributed by atoms with Crippen LogP contribution >= 0.6 is 11.6 Å². The van der Waals surface area contributed by atoms with Crippen molar-refractivity contribution in [3.8, 4) is 11.8 Å². The van der Waals surface area contributed by atoms with Crippen molar-refractivity contribution in [2.75, 3.05) is 5.88 Å². The normalized spacial score (nSPS) is 10.4. The molecule has 1 aromatic heterocycles. The molecule has 3 rings (SSSR count). The molecular weight excluding hydrogens is 232 g/mol. The van der Waals surface area contributed by atoms with Crippen molar-refractivity contribution in [3.63, 3.8) is 0 Å². The van der Waals surface area contributed by atoms with Gasteiger partial charge in [-0.1, -0.05) is 42.2 Å². The third kappa shape index (κ3) is 1.67. The van der Waals surface area contributed by atoms with Crippen LogP contribution in [0.2, 0.25) is 0 Å². The third-order valence-corrected chi connectivity index (χ3v) is 2.83. The number of furan rings is 1. The number of hydrogen-bond acceptors (Lipinski definition) is 1. The number of para-hydroxylation sites is 2. The van der Waals surface area contributed by atoms with E-state index in [1.165, 1.54) is 0 Å². The molecule has 2 heteroatoms. The van der Waals surface area contributed by atoms with Crippen molar-refractivity contribution < 1.29 is 4.42 Å². The number of hydrogen-bond donors (Lipinski definition) is 0. The highest BCUT2D eigenvalue weighted by Gasteiger charge is 2.08. The molecule has 0 fully saturated rings. The van der Waals surface area contributed by atoms with Gasteiger partial charge in [0.1, 0.15) is 5.58 Å². The summed E-state index contributed by atoms with van der Waals surface area (Å²) in [5, 5.41) is 2.22. The van der Waals surface area contributed by atoms with Gasteiger partial charge in [-0.15, -0.1) is 11.6 Å². The number of rotatable bonds is 0. The molecule has 0 bridgehead atoms. The Kier molecular flexibility index (Phi) is 2.51. The molecule has 0 amide bonds. The van der Waals surface area contributed by atoms with Crippen LogP contribution in [0, 0.1) is 11.8 Å². The van der Waals surface area contributed by atoms with Crippen LogP contribution in [-0.4, -0.2) is 5.88 Å². The van der Waals surface area contributed by atoms with Gasteiger partial charge < -0.3 is 4.42 Å². The Labute approximate surface area is 104 Å². The zero-order chi connectivity index (χ0) is 11.7. The molecule has 0 aliphatic rings. The van der Waals surface area contributed by atoms with Gasteiger partial charge in [0.2, 0.25) is 0 Å². The monoisotopic (exact) mass is 240 g/mol. The summed E-state index contributed by atoms with van der Waals surface area (Å²) in [5.41, 5.74) is 2.62. The maximum atomic E-state index is 5.84. The van der Waals surface area contributed by atoms with Crippen LogP contribution in [0.5, 0.6) is 0 Å². The zero-order valence-electron chi connectivity index (χ0n) is 9.03. The molecule has 82 valence electrons. The van der Waals surface area contributed by atoms with Crippen LogP contribution in [0.15, 0.2) is 46.9 Å². The predicted octanol–water partition coefficient (Wildman–Crippen LogP) is 4.18. The first-order valence-electron chi connectivity index (χ1n) is 5.35. The lowest BCUT2D eigenvalue weighted by Crippen LogP contribution is -1.75. The number of benzene rings is 2. The van der Waals surface area contributed by atoms with Crippen LogP contribution < -0.4 is 0 Å². The SMILES string of the molecule is ClCC#Cc1cccc2c1oc1ccccc12. The fraction of sp³-hybridized carbons (Fsp3) is 0.0667. The van der Waals surface area contributed by atoms with Crippen molar-refractivity contribution in [1.29, 1.82) is 0 Å². The van der Waals surface area contributed by atoms with Gasteiger partial charge in [0, 0.05) is 10.8 Å². The van der Waals surface area contributed by atoms with E-state index >= 15 is 0 Å². The molecule has 2 aromatic carbocycles. The molecule has 0 unspecified atom stereocenters. The van der Waals surface area contributed by atoms with Crippen LogP contribution in [-0.2, 0) is 0 Å². The quantitative estimate of drug-likeness (QED) is 0.425. The smallest absolute Gasteiger partial charge is 0.151 e. The van der Waals surface area contributed by atoms with Gasteiger partial charge in [-0.05, 0) is 12.1 Å². The molecule has 0 aliphatic heterocycles. The minimum Gasteiger partial charge on any atom is -0.455 e. The molecule has 1 heterocycles. The molecule has 0 aliphatic carbocycles. The molecular formula is C15H9ClO. The second kappa shape index (κ2) is 4.16. The lowest BCUT2D eigenvalue weighted by molar-refractivity contribution is 0.668. The molecule has 0 atom stereocenters. The maximum Gasteiger partial charge on any atom is 0.151 e. The van der Waals surface area contributed by atoms with Crippen LogP contribution in [0.1, 0.15) is 5.56 Å². The van der Waals surface area contributed by atoms with Gasteiger partial charge in [0.05, 0.1) is 11.4 Å². The Bertz CT molecular complexity index is 744. The van der Waals surface area contributed by atoms with Crippen LogP contribution in [0.4, 0.5) is 0 Å². The fourth-order valence-corrected chi connectivity index (χ4v) is 2.04. The van der Waals surface area contributed by atoms with Crippen molar-refractivity contribution in [1.82, 2.24) is 0 Å². The minimum atomic E-state index is 0.330. The summed E-state index contributed by atoms with van der Waals surface area (Å²) in [7, 11) is 0. The molecule has 1 nitrogen and oxygen atoms in total. The largest absolute Gasteiger partial charge is 0.455 e. The van der Waals surface area contributed by atoms with E-state index in [4.69, 9.17) is 16.0 Å². The number of alkyl halides is 1. The van der Waals surface area contributed by atoms with Crippen molar-refractivity contribution in [3.05, 3.63) is 48.0 Å². The first-order valence-corrected chi connectivity index (χ1v) is 5.88. The average Bonchev–Trinajstić information content (AvgIpc) is 2.75. The highest BCUT2D eigenvalue weighted by Crippen LogP contribution is 2.30. The fourth-order valence-electron chi connectivity index (χ4n) is 1.97. The van der Waals surface area contributed by atoms with E-state index in [-0.39, 0.29) is 0 Å². The molecule has 0 N–H and O–H groups in total. The summed E-state index contributed by atoms with van der Waals surface area (Å²) in [5.74, 6) is 6.21. The van der Waals surface area contributed by atoms with E-state index in [0.29, 0.717) is 5.88 Å². The first-order chi connectivity index (χ1) is 8.40. The van der Waals surface area contributed by atoms with E-state index in [0.717, 1.165) is 27.5 Å². The molecule has 0 radical (unpaired) electrons. The summed E-state index contributed by atoms with van der Waals surface area (Å²) in [6.07, 6.45) is 0. The molecule has 0 saturated carbocycles. The van der Waals surface area contributed by atoms with Gasteiger partial charge in [0.15, 0.2) is 5.58 Å². The first kappa shape index (κ1) is 10.3. The molecule has 0 spiro atoms. The van der Waals surface area contributed by atoms with E-state index in [1.54, 1.807) is 0 Å². The third-order valence-electron chi connectivity index (χ3n) is 2.69. The van der Waals surface area contributed by atoms with Crippen LogP contribution in [0.3, 0.4) is 0 Å². The van der Waals surface area contributed by atoms with Gasteiger partial charge in [-0.2, -0.15) is 0 Å². The summed E-state index contributed by atoms with van der Waals surface area (Å²) in [6, 6.07) is 14.0. The minimum absolute atomic E-state index is 0.330. The predicted molar refractivity (Wildman–Crippen MR) is 71.3 cm³/mol.